The van der Waals surface area contributed by atoms with E-state index in [1.807, 2.05) is 37.3 Å². The normalized spacial score (nSPS) is 12.1. The molecule has 142 valence electrons. The molecule has 0 N–H and O–H groups in total. The van der Waals surface area contributed by atoms with Gasteiger partial charge in [-0.1, -0.05) is 28.5 Å². The summed E-state index contributed by atoms with van der Waals surface area (Å²) in [5.41, 5.74) is 1.63. The molecule has 0 aliphatic rings. The maximum atomic E-state index is 12.6. The van der Waals surface area contributed by atoms with Gasteiger partial charge in [-0.25, -0.2) is 0 Å². The molecule has 8 heteroatoms. The molecule has 0 bridgehead atoms. The molecule has 0 saturated heterocycles. The van der Waals surface area contributed by atoms with Crippen molar-refractivity contribution in [2.24, 2.45) is 0 Å². The number of hydrogen-bond acceptors (Lipinski definition) is 7. The molecule has 3 heterocycles. The lowest BCUT2D eigenvalue weighted by atomic mass is 10.2. The molecule has 0 spiro atoms. The number of hydrogen-bond donors (Lipinski definition) is 0. The number of rotatable bonds is 6. The Hall–Kier alpha value is -3.68. The van der Waals surface area contributed by atoms with Crippen LogP contribution < -0.4 is 4.74 Å². The van der Waals surface area contributed by atoms with Gasteiger partial charge in [0.25, 0.3) is 5.91 Å². The molecule has 3 aromatic heterocycles. The van der Waals surface area contributed by atoms with Gasteiger partial charge in [-0.2, -0.15) is 0 Å². The second kappa shape index (κ2) is 7.51. The van der Waals surface area contributed by atoms with E-state index in [9.17, 15) is 4.79 Å². The molecule has 0 saturated carbocycles. The molecule has 1 atom stereocenters. The molecule has 4 rings (SSSR count). The minimum Gasteiger partial charge on any atom is -0.483 e. The van der Waals surface area contributed by atoms with E-state index in [-0.39, 0.29) is 24.2 Å². The van der Waals surface area contributed by atoms with Crippen molar-refractivity contribution in [1.29, 1.82) is 0 Å². The summed E-state index contributed by atoms with van der Waals surface area (Å²) in [6.07, 6.45) is 3.18. The quantitative estimate of drug-likeness (QED) is 0.506. The highest BCUT2D eigenvalue weighted by molar-refractivity contribution is 5.92. The standard InChI is InChI=1S/C20H18N4O4/c1-13(16-8-10-27-22-16)24(2)20(25)17-11-15(28-23-17)12-26-18-7-3-5-14-6-4-9-21-19(14)18/h3-11,13H,12H2,1-2H3/t13-/m0/s1. The lowest BCUT2D eigenvalue weighted by Crippen LogP contribution is -2.30. The lowest BCUT2D eigenvalue weighted by Gasteiger charge is -2.21. The summed E-state index contributed by atoms with van der Waals surface area (Å²) >= 11 is 0. The molecular weight excluding hydrogens is 360 g/mol. The molecule has 0 radical (unpaired) electrons. The summed E-state index contributed by atoms with van der Waals surface area (Å²) in [6.45, 7) is 1.99. The highest BCUT2D eigenvalue weighted by atomic mass is 16.5. The molecule has 1 amide bonds. The monoisotopic (exact) mass is 378 g/mol. The van der Waals surface area contributed by atoms with Gasteiger partial charge in [0.2, 0.25) is 0 Å². The van der Waals surface area contributed by atoms with E-state index in [4.69, 9.17) is 13.8 Å². The van der Waals surface area contributed by atoms with Gasteiger partial charge in [0, 0.05) is 30.8 Å². The maximum absolute atomic E-state index is 12.6. The average molecular weight is 378 g/mol. The Kier molecular flexibility index (Phi) is 4.76. The lowest BCUT2D eigenvalue weighted by molar-refractivity contribution is 0.0727. The van der Waals surface area contributed by atoms with Crippen LogP contribution in [0.25, 0.3) is 10.9 Å². The Morgan fingerprint density at radius 2 is 2.07 bits per heavy atom. The molecule has 1 aromatic carbocycles. The second-order valence-corrected chi connectivity index (χ2v) is 6.31. The Balaban J connectivity index is 1.45. The summed E-state index contributed by atoms with van der Waals surface area (Å²) in [5.74, 6) is 0.801. The van der Waals surface area contributed by atoms with Crippen LogP contribution in [-0.2, 0) is 6.61 Å². The van der Waals surface area contributed by atoms with E-state index in [2.05, 4.69) is 15.3 Å². The minimum absolute atomic E-state index is 0.137. The van der Waals surface area contributed by atoms with Crippen molar-refractivity contribution in [2.75, 3.05) is 7.05 Å². The molecule has 0 unspecified atom stereocenters. The molecule has 0 aliphatic carbocycles. The van der Waals surface area contributed by atoms with Gasteiger partial charge in [0.05, 0.1) is 6.04 Å². The molecule has 0 aliphatic heterocycles. The van der Waals surface area contributed by atoms with Gasteiger partial charge in [0.15, 0.2) is 11.5 Å². The fourth-order valence-electron chi connectivity index (χ4n) is 2.82. The number of nitrogens with zero attached hydrogens (tertiary/aromatic N) is 4. The number of para-hydroxylation sites is 1. The average Bonchev–Trinajstić information content (AvgIpc) is 3.43. The van der Waals surface area contributed by atoms with Crippen molar-refractivity contribution >= 4 is 16.8 Å². The maximum Gasteiger partial charge on any atom is 0.276 e. The van der Waals surface area contributed by atoms with Crippen LogP contribution in [0, 0.1) is 0 Å². The van der Waals surface area contributed by atoms with E-state index >= 15 is 0 Å². The third-order valence-electron chi connectivity index (χ3n) is 4.53. The number of fused-ring (bicyclic) bond motifs is 1. The van der Waals surface area contributed by atoms with Crippen LogP contribution >= 0.6 is 0 Å². The second-order valence-electron chi connectivity index (χ2n) is 6.31. The van der Waals surface area contributed by atoms with Crippen LogP contribution in [0.4, 0.5) is 0 Å². The smallest absolute Gasteiger partial charge is 0.276 e. The Bertz CT molecular complexity index is 1090. The van der Waals surface area contributed by atoms with Crippen LogP contribution in [0.2, 0.25) is 0 Å². The Labute approximate surface area is 160 Å². The van der Waals surface area contributed by atoms with Gasteiger partial charge in [-0.05, 0) is 19.1 Å². The number of aromatic nitrogens is 3. The van der Waals surface area contributed by atoms with E-state index in [0.717, 1.165) is 10.9 Å². The van der Waals surface area contributed by atoms with Crippen molar-refractivity contribution in [3.8, 4) is 5.75 Å². The number of ether oxygens (including phenoxy) is 1. The number of carbonyl (C=O) groups excluding carboxylic acids is 1. The third kappa shape index (κ3) is 3.44. The fraction of sp³-hybridized carbons (Fsp3) is 0.200. The number of carbonyl (C=O) groups is 1. The highest BCUT2D eigenvalue weighted by Gasteiger charge is 2.23. The van der Waals surface area contributed by atoms with Crippen LogP contribution in [0.3, 0.4) is 0 Å². The first-order valence-electron chi connectivity index (χ1n) is 8.73. The van der Waals surface area contributed by atoms with E-state index < -0.39 is 0 Å². The van der Waals surface area contributed by atoms with Gasteiger partial charge >= 0.3 is 0 Å². The summed E-state index contributed by atoms with van der Waals surface area (Å²) in [4.78, 5) is 18.5. The predicted octanol–water partition coefficient (Wildman–Crippen LogP) is 3.62. The summed E-state index contributed by atoms with van der Waals surface area (Å²) < 4.78 is 15.9. The summed E-state index contributed by atoms with van der Waals surface area (Å²) in [5, 5.41) is 8.72. The van der Waals surface area contributed by atoms with E-state index in [1.54, 1.807) is 25.4 Å². The Morgan fingerprint density at radius 1 is 1.21 bits per heavy atom. The van der Waals surface area contributed by atoms with Crippen molar-refractivity contribution in [2.45, 2.75) is 19.6 Å². The summed E-state index contributed by atoms with van der Waals surface area (Å²) in [7, 11) is 1.67. The topological polar surface area (TPSA) is 94.5 Å². The molecule has 28 heavy (non-hydrogen) atoms. The van der Waals surface area contributed by atoms with Gasteiger partial charge < -0.3 is 18.7 Å². The van der Waals surface area contributed by atoms with Gasteiger partial charge in [-0.15, -0.1) is 0 Å². The number of benzene rings is 1. The van der Waals surface area contributed by atoms with Crippen LogP contribution in [0.15, 0.2) is 64.0 Å². The predicted molar refractivity (Wildman–Crippen MR) is 99.6 cm³/mol. The number of pyridine rings is 1. The number of amides is 1. The van der Waals surface area contributed by atoms with Crippen molar-refractivity contribution in [3.63, 3.8) is 0 Å². The molecule has 0 fully saturated rings. The van der Waals surface area contributed by atoms with Crippen LogP contribution in [0.5, 0.6) is 5.75 Å². The molecule has 4 aromatic rings. The first-order valence-corrected chi connectivity index (χ1v) is 8.73. The SMILES string of the molecule is C[C@@H](c1ccon1)N(C)C(=O)c1cc(COc2cccc3cccnc23)on1. The zero-order valence-corrected chi connectivity index (χ0v) is 15.4. The van der Waals surface area contributed by atoms with Crippen LogP contribution in [0.1, 0.15) is 34.9 Å². The summed E-state index contributed by atoms with van der Waals surface area (Å²) in [6, 6.07) is 12.6. The van der Waals surface area contributed by atoms with E-state index in [1.165, 1.54) is 11.2 Å². The zero-order chi connectivity index (χ0) is 19.5. The zero-order valence-electron chi connectivity index (χ0n) is 15.4. The van der Waals surface area contributed by atoms with Crippen LogP contribution in [-0.4, -0.2) is 33.2 Å². The Morgan fingerprint density at radius 3 is 2.89 bits per heavy atom. The third-order valence-corrected chi connectivity index (χ3v) is 4.53. The first-order chi connectivity index (χ1) is 13.6. The fourth-order valence-corrected chi connectivity index (χ4v) is 2.82. The van der Waals surface area contributed by atoms with Crippen molar-refractivity contribution in [1.82, 2.24) is 20.2 Å². The largest absolute Gasteiger partial charge is 0.483 e. The molecular formula is C20H18N4O4. The van der Waals surface area contributed by atoms with Gasteiger partial charge in [-0.3, -0.25) is 9.78 Å². The van der Waals surface area contributed by atoms with Crippen molar-refractivity contribution < 1.29 is 18.6 Å². The molecule has 8 nitrogen and oxygen atoms in total. The minimum atomic E-state index is -0.280. The highest BCUT2D eigenvalue weighted by Crippen LogP contribution is 2.24. The van der Waals surface area contributed by atoms with E-state index in [0.29, 0.717) is 17.2 Å². The van der Waals surface area contributed by atoms with Gasteiger partial charge in [0.1, 0.15) is 29.8 Å². The first kappa shape index (κ1) is 17.7. The van der Waals surface area contributed by atoms with Crippen molar-refractivity contribution in [3.05, 3.63) is 72.1 Å².